The molecule has 1 atom stereocenters. The van der Waals surface area contributed by atoms with Gasteiger partial charge in [-0.3, -0.25) is 4.90 Å². The minimum atomic E-state index is -0.427. The van der Waals surface area contributed by atoms with Gasteiger partial charge in [-0.25, -0.2) is 0 Å². The lowest BCUT2D eigenvalue weighted by Crippen LogP contribution is -2.38. The van der Waals surface area contributed by atoms with Crippen LogP contribution in [0, 0.1) is 0 Å². The highest BCUT2D eigenvalue weighted by molar-refractivity contribution is 4.85. The fourth-order valence-electron chi connectivity index (χ4n) is 1.76. The zero-order chi connectivity index (χ0) is 12.5. The molecule has 0 saturated heterocycles. The van der Waals surface area contributed by atoms with E-state index >= 15 is 0 Å². The second-order valence-electron chi connectivity index (χ2n) is 4.44. The molecule has 102 valence electrons. The van der Waals surface area contributed by atoms with Crippen LogP contribution < -0.4 is 0 Å². The SMILES string of the molecule is COCCOCC(O)CN(CCOC)C1CC1. The number of rotatable bonds is 11. The Balaban J connectivity index is 2.10. The first kappa shape index (κ1) is 14.9. The lowest BCUT2D eigenvalue weighted by atomic mass is 10.3. The maximum atomic E-state index is 9.85. The third-order valence-electron chi connectivity index (χ3n) is 2.83. The van der Waals surface area contributed by atoms with Gasteiger partial charge in [-0.1, -0.05) is 0 Å². The van der Waals surface area contributed by atoms with E-state index in [1.807, 2.05) is 0 Å². The fraction of sp³-hybridized carbons (Fsp3) is 1.00. The van der Waals surface area contributed by atoms with E-state index in [0.29, 0.717) is 39.0 Å². The van der Waals surface area contributed by atoms with Gasteiger partial charge >= 0.3 is 0 Å². The Labute approximate surface area is 104 Å². The topological polar surface area (TPSA) is 51.2 Å². The summed E-state index contributed by atoms with van der Waals surface area (Å²) < 4.78 is 15.3. The zero-order valence-electron chi connectivity index (χ0n) is 10.9. The second kappa shape index (κ2) is 8.83. The van der Waals surface area contributed by atoms with E-state index in [9.17, 15) is 5.11 Å². The van der Waals surface area contributed by atoms with Gasteiger partial charge in [0.15, 0.2) is 0 Å². The van der Waals surface area contributed by atoms with Crippen molar-refractivity contribution >= 4 is 0 Å². The van der Waals surface area contributed by atoms with E-state index < -0.39 is 6.10 Å². The van der Waals surface area contributed by atoms with Gasteiger partial charge in [-0.05, 0) is 12.8 Å². The molecule has 1 rings (SSSR count). The summed E-state index contributed by atoms with van der Waals surface area (Å²) in [5, 5.41) is 9.85. The molecule has 0 bridgehead atoms. The highest BCUT2D eigenvalue weighted by atomic mass is 16.5. The first-order chi connectivity index (χ1) is 8.27. The quantitative estimate of drug-likeness (QED) is 0.526. The highest BCUT2D eigenvalue weighted by Crippen LogP contribution is 2.26. The number of nitrogens with zero attached hydrogens (tertiary/aromatic N) is 1. The van der Waals surface area contributed by atoms with Crippen molar-refractivity contribution in [2.24, 2.45) is 0 Å². The molecule has 0 amide bonds. The molecule has 0 aliphatic heterocycles. The lowest BCUT2D eigenvalue weighted by Gasteiger charge is -2.24. The van der Waals surface area contributed by atoms with Crippen LogP contribution in [0.5, 0.6) is 0 Å². The number of methoxy groups -OCH3 is 2. The summed E-state index contributed by atoms with van der Waals surface area (Å²) in [6, 6.07) is 0.638. The molecule has 0 aromatic carbocycles. The van der Waals surface area contributed by atoms with Crippen molar-refractivity contribution in [3.63, 3.8) is 0 Å². The molecule has 1 fully saturated rings. The molecule has 0 spiro atoms. The minimum absolute atomic E-state index is 0.375. The molecule has 0 aromatic rings. The van der Waals surface area contributed by atoms with Crippen molar-refractivity contribution in [3.8, 4) is 0 Å². The van der Waals surface area contributed by atoms with Gasteiger partial charge in [0.05, 0.1) is 32.5 Å². The Morgan fingerprint density at radius 2 is 1.88 bits per heavy atom. The van der Waals surface area contributed by atoms with Gasteiger partial charge in [0, 0.05) is 33.4 Å². The van der Waals surface area contributed by atoms with Gasteiger partial charge in [0.2, 0.25) is 0 Å². The van der Waals surface area contributed by atoms with Gasteiger partial charge in [0.1, 0.15) is 0 Å². The Hall–Kier alpha value is -0.200. The van der Waals surface area contributed by atoms with Crippen molar-refractivity contribution in [1.29, 1.82) is 0 Å². The van der Waals surface area contributed by atoms with E-state index in [1.54, 1.807) is 14.2 Å². The molecule has 1 aliphatic carbocycles. The largest absolute Gasteiger partial charge is 0.389 e. The van der Waals surface area contributed by atoms with Gasteiger partial charge in [-0.15, -0.1) is 0 Å². The summed E-state index contributed by atoms with van der Waals surface area (Å²) in [6.45, 7) is 3.75. The average molecular weight is 247 g/mol. The smallest absolute Gasteiger partial charge is 0.0900 e. The number of ether oxygens (including phenoxy) is 3. The molecule has 1 unspecified atom stereocenters. The maximum absolute atomic E-state index is 9.85. The number of aliphatic hydroxyl groups is 1. The van der Waals surface area contributed by atoms with Crippen LogP contribution in [0.2, 0.25) is 0 Å². The van der Waals surface area contributed by atoms with Crippen LogP contribution in [0.4, 0.5) is 0 Å². The third kappa shape index (κ3) is 6.95. The minimum Gasteiger partial charge on any atom is -0.389 e. The van der Waals surface area contributed by atoms with Crippen LogP contribution in [0.1, 0.15) is 12.8 Å². The molecule has 0 radical (unpaired) electrons. The number of aliphatic hydroxyl groups excluding tert-OH is 1. The Kier molecular flexibility index (Phi) is 7.72. The number of hydrogen-bond donors (Lipinski definition) is 1. The van der Waals surface area contributed by atoms with Gasteiger partial charge < -0.3 is 19.3 Å². The van der Waals surface area contributed by atoms with Crippen LogP contribution in [0.25, 0.3) is 0 Å². The fourth-order valence-corrected chi connectivity index (χ4v) is 1.76. The van der Waals surface area contributed by atoms with Crippen molar-refractivity contribution in [1.82, 2.24) is 4.90 Å². The molecule has 5 heteroatoms. The molecular weight excluding hydrogens is 222 g/mol. The maximum Gasteiger partial charge on any atom is 0.0900 e. The molecule has 0 aromatic heterocycles. The van der Waals surface area contributed by atoms with E-state index in [4.69, 9.17) is 14.2 Å². The molecule has 0 heterocycles. The summed E-state index contributed by atoms with van der Waals surface area (Å²) >= 11 is 0. The molecule has 1 aliphatic rings. The average Bonchev–Trinajstić information content (AvgIpc) is 3.14. The van der Waals surface area contributed by atoms with Crippen LogP contribution in [0.3, 0.4) is 0 Å². The second-order valence-corrected chi connectivity index (χ2v) is 4.44. The summed E-state index contributed by atoms with van der Waals surface area (Å²) in [5.74, 6) is 0. The molecule has 5 nitrogen and oxygen atoms in total. The van der Waals surface area contributed by atoms with Gasteiger partial charge in [-0.2, -0.15) is 0 Å². The van der Waals surface area contributed by atoms with Crippen molar-refractivity contribution < 1.29 is 19.3 Å². The lowest BCUT2D eigenvalue weighted by molar-refractivity contribution is -0.00436. The van der Waals surface area contributed by atoms with E-state index in [2.05, 4.69) is 4.90 Å². The Bertz CT molecular complexity index is 187. The normalized spacial score (nSPS) is 17.6. The highest BCUT2D eigenvalue weighted by Gasteiger charge is 2.29. The van der Waals surface area contributed by atoms with Crippen LogP contribution in [-0.2, 0) is 14.2 Å². The summed E-state index contributed by atoms with van der Waals surface area (Å²) in [5.41, 5.74) is 0. The molecular formula is C12H25NO4. The van der Waals surface area contributed by atoms with E-state index in [-0.39, 0.29) is 0 Å². The Morgan fingerprint density at radius 3 is 2.47 bits per heavy atom. The van der Waals surface area contributed by atoms with Crippen LogP contribution in [0.15, 0.2) is 0 Å². The van der Waals surface area contributed by atoms with E-state index in [0.717, 1.165) is 6.54 Å². The van der Waals surface area contributed by atoms with Crippen molar-refractivity contribution in [2.75, 3.05) is 53.7 Å². The van der Waals surface area contributed by atoms with Crippen LogP contribution >= 0.6 is 0 Å². The summed E-state index contributed by atoms with van der Waals surface area (Å²) in [4.78, 5) is 2.29. The van der Waals surface area contributed by atoms with E-state index in [1.165, 1.54) is 12.8 Å². The first-order valence-electron chi connectivity index (χ1n) is 6.25. The predicted octanol–water partition coefficient (Wildman–Crippen LogP) is 0.121. The first-order valence-corrected chi connectivity index (χ1v) is 6.25. The van der Waals surface area contributed by atoms with Crippen molar-refractivity contribution in [2.45, 2.75) is 25.0 Å². The van der Waals surface area contributed by atoms with Crippen LogP contribution in [-0.4, -0.2) is 75.9 Å². The Morgan fingerprint density at radius 1 is 1.18 bits per heavy atom. The summed E-state index contributed by atoms with van der Waals surface area (Å²) in [6.07, 6.45) is 2.05. The standard InChI is InChI=1S/C12H25NO4/c1-15-6-5-13(11-3-4-11)9-12(14)10-17-8-7-16-2/h11-12,14H,3-10H2,1-2H3. The molecule has 1 saturated carbocycles. The molecule has 17 heavy (non-hydrogen) atoms. The van der Waals surface area contributed by atoms with Crippen molar-refractivity contribution in [3.05, 3.63) is 0 Å². The third-order valence-corrected chi connectivity index (χ3v) is 2.83. The van der Waals surface area contributed by atoms with Gasteiger partial charge in [0.25, 0.3) is 0 Å². The number of hydrogen-bond acceptors (Lipinski definition) is 5. The molecule has 1 N–H and O–H groups in total. The monoisotopic (exact) mass is 247 g/mol. The zero-order valence-corrected chi connectivity index (χ0v) is 10.9. The predicted molar refractivity (Wildman–Crippen MR) is 65.2 cm³/mol. The summed E-state index contributed by atoms with van der Waals surface area (Å²) in [7, 11) is 3.34.